The molecule has 20 heavy (non-hydrogen) atoms. The number of amides is 1. The highest BCUT2D eigenvalue weighted by Crippen LogP contribution is 2.20. The maximum absolute atomic E-state index is 13.8. The molecule has 0 unspecified atom stereocenters. The number of nitrogens with zero attached hydrogens (tertiary/aromatic N) is 1. The molecule has 0 aliphatic heterocycles. The summed E-state index contributed by atoms with van der Waals surface area (Å²) in [5.41, 5.74) is 4.57. The molecule has 2 rings (SSSR count). The van der Waals surface area contributed by atoms with Gasteiger partial charge in [-0.1, -0.05) is 0 Å². The summed E-state index contributed by atoms with van der Waals surface area (Å²) >= 11 is 0. The van der Waals surface area contributed by atoms with Gasteiger partial charge in [-0.2, -0.15) is 0 Å². The predicted octanol–water partition coefficient (Wildman–Crippen LogP) is 2.80. The Morgan fingerprint density at radius 2 is 2.15 bits per heavy atom. The van der Waals surface area contributed by atoms with Gasteiger partial charge in [0, 0.05) is 6.54 Å². The average Bonchev–Trinajstić information content (AvgIpc) is 2.92. The topological polar surface area (TPSA) is 59.5 Å². The summed E-state index contributed by atoms with van der Waals surface area (Å²) in [5.74, 6) is -1.73. The fourth-order valence-corrected chi connectivity index (χ4v) is 1.85. The van der Waals surface area contributed by atoms with Gasteiger partial charge in [0.05, 0.1) is 24.1 Å². The summed E-state index contributed by atoms with van der Waals surface area (Å²) in [7, 11) is 0. The first-order chi connectivity index (χ1) is 9.52. The second-order valence-electron chi connectivity index (χ2n) is 4.26. The zero-order chi connectivity index (χ0) is 14.7. The summed E-state index contributed by atoms with van der Waals surface area (Å²) in [6.45, 7) is 2.25. The highest BCUT2D eigenvalue weighted by atomic mass is 19.1. The van der Waals surface area contributed by atoms with Gasteiger partial charge in [-0.25, -0.2) is 8.78 Å². The Bertz CT molecular complexity index is 612. The van der Waals surface area contributed by atoms with Crippen LogP contribution < -0.4 is 5.73 Å². The van der Waals surface area contributed by atoms with Crippen LogP contribution in [0.5, 0.6) is 0 Å². The maximum Gasteiger partial charge on any atom is 0.257 e. The van der Waals surface area contributed by atoms with Gasteiger partial charge < -0.3 is 15.1 Å². The molecule has 0 aliphatic rings. The first-order valence-electron chi connectivity index (χ1n) is 6.09. The second-order valence-corrected chi connectivity index (χ2v) is 4.26. The molecule has 0 saturated heterocycles. The van der Waals surface area contributed by atoms with Crippen molar-refractivity contribution < 1.29 is 18.0 Å². The number of nitrogen functional groups attached to an aromatic ring is 1. The number of anilines is 1. The van der Waals surface area contributed by atoms with E-state index in [-0.39, 0.29) is 17.8 Å². The highest BCUT2D eigenvalue weighted by Gasteiger charge is 2.21. The van der Waals surface area contributed by atoms with Crippen LogP contribution in [-0.4, -0.2) is 17.4 Å². The molecule has 1 amide bonds. The fourth-order valence-electron chi connectivity index (χ4n) is 1.85. The SMILES string of the molecule is CCN(Cc1ccco1)C(=O)c1cc(F)cc(N)c1F. The monoisotopic (exact) mass is 280 g/mol. The van der Waals surface area contributed by atoms with Gasteiger partial charge in [0.2, 0.25) is 0 Å². The molecule has 0 bridgehead atoms. The third-order valence-corrected chi connectivity index (χ3v) is 2.89. The Hall–Kier alpha value is -2.37. The van der Waals surface area contributed by atoms with E-state index in [9.17, 15) is 13.6 Å². The molecular formula is C14H14F2N2O2. The quantitative estimate of drug-likeness (QED) is 0.876. The van der Waals surface area contributed by atoms with Crippen molar-refractivity contribution in [3.05, 3.63) is 53.5 Å². The number of rotatable bonds is 4. The number of hydrogen-bond donors (Lipinski definition) is 1. The molecule has 2 N–H and O–H groups in total. The van der Waals surface area contributed by atoms with Crippen molar-refractivity contribution in [1.29, 1.82) is 0 Å². The average molecular weight is 280 g/mol. The molecule has 1 aromatic carbocycles. The lowest BCUT2D eigenvalue weighted by Gasteiger charge is -2.20. The van der Waals surface area contributed by atoms with Crippen molar-refractivity contribution in [3.8, 4) is 0 Å². The molecule has 106 valence electrons. The molecule has 2 aromatic rings. The summed E-state index contributed by atoms with van der Waals surface area (Å²) in [5, 5.41) is 0. The summed E-state index contributed by atoms with van der Waals surface area (Å²) in [6, 6.07) is 5.08. The Morgan fingerprint density at radius 1 is 1.40 bits per heavy atom. The second kappa shape index (κ2) is 5.73. The Balaban J connectivity index is 2.29. The van der Waals surface area contributed by atoms with Crippen LogP contribution in [0, 0.1) is 11.6 Å². The van der Waals surface area contributed by atoms with Gasteiger partial charge in [-0.3, -0.25) is 4.79 Å². The lowest BCUT2D eigenvalue weighted by atomic mass is 10.1. The first kappa shape index (κ1) is 14.0. The molecule has 0 saturated carbocycles. The van der Waals surface area contributed by atoms with Gasteiger partial charge in [0.1, 0.15) is 11.6 Å². The zero-order valence-electron chi connectivity index (χ0n) is 10.9. The molecule has 6 heteroatoms. The van der Waals surface area contributed by atoms with Crippen molar-refractivity contribution in [3.63, 3.8) is 0 Å². The molecule has 0 fully saturated rings. The van der Waals surface area contributed by atoms with Crippen LogP contribution in [0.25, 0.3) is 0 Å². The van der Waals surface area contributed by atoms with E-state index < -0.39 is 17.5 Å². The van der Waals surface area contributed by atoms with E-state index in [4.69, 9.17) is 10.2 Å². The normalized spacial score (nSPS) is 10.6. The van der Waals surface area contributed by atoms with E-state index in [0.717, 1.165) is 12.1 Å². The van der Waals surface area contributed by atoms with E-state index in [1.54, 1.807) is 19.1 Å². The van der Waals surface area contributed by atoms with Gasteiger partial charge >= 0.3 is 0 Å². The van der Waals surface area contributed by atoms with Crippen molar-refractivity contribution >= 4 is 11.6 Å². The number of benzene rings is 1. The number of carbonyl (C=O) groups is 1. The number of nitrogens with two attached hydrogens (primary N) is 1. The van der Waals surface area contributed by atoms with Crippen LogP contribution >= 0.6 is 0 Å². The van der Waals surface area contributed by atoms with E-state index in [1.165, 1.54) is 11.2 Å². The predicted molar refractivity (Wildman–Crippen MR) is 69.9 cm³/mol. The molecule has 1 heterocycles. The van der Waals surface area contributed by atoms with Crippen molar-refractivity contribution in [2.45, 2.75) is 13.5 Å². The molecule has 0 aliphatic carbocycles. The molecule has 0 radical (unpaired) electrons. The fraction of sp³-hybridized carbons (Fsp3) is 0.214. The number of furan rings is 1. The van der Waals surface area contributed by atoms with Crippen LogP contribution in [0.4, 0.5) is 14.5 Å². The minimum atomic E-state index is -0.908. The smallest absolute Gasteiger partial charge is 0.257 e. The summed E-state index contributed by atoms with van der Waals surface area (Å²) < 4.78 is 32.3. The Morgan fingerprint density at radius 3 is 2.75 bits per heavy atom. The maximum atomic E-state index is 13.8. The highest BCUT2D eigenvalue weighted by molar-refractivity contribution is 5.95. The van der Waals surface area contributed by atoms with Gasteiger partial charge in [-0.15, -0.1) is 0 Å². The van der Waals surface area contributed by atoms with Gasteiger partial charge in [0.15, 0.2) is 5.82 Å². The largest absolute Gasteiger partial charge is 0.467 e. The van der Waals surface area contributed by atoms with E-state index in [1.807, 2.05) is 0 Å². The minimum Gasteiger partial charge on any atom is -0.467 e. The number of hydrogen-bond acceptors (Lipinski definition) is 3. The third kappa shape index (κ3) is 2.79. The summed E-state index contributed by atoms with van der Waals surface area (Å²) in [4.78, 5) is 13.6. The number of halogens is 2. The zero-order valence-corrected chi connectivity index (χ0v) is 10.9. The minimum absolute atomic E-state index is 0.179. The third-order valence-electron chi connectivity index (χ3n) is 2.89. The van der Waals surface area contributed by atoms with Gasteiger partial charge in [-0.05, 0) is 31.2 Å². The first-order valence-corrected chi connectivity index (χ1v) is 6.09. The van der Waals surface area contributed by atoms with Gasteiger partial charge in [0.25, 0.3) is 5.91 Å². The van der Waals surface area contributed by atoms with Crippen molar-refractivity contribution in [2.24, 2.45) is 0 Å². The van der Waals surface area contributed by atoms with Crippen LogP contribution in [0.1, 0.15) is 23.0 Å². The number of carbonyl (C=O) groups excluding carboxylic acids is 1. The molecular weight excluding hydrogens is 266 g/mol. The van der Waals surface area contributed by atoms with E-state index in [0.29, 0.717) is 12.3 Å². The van der Waals surface area contributed by atoms with Crippen molar-refractivity contribution in [1.82, 2.24) is 4.90 Å². The van der Waals surface area contributed by atoms with Crippen molar-refractivity contribution in [2.75, 3.05) is 12.3 Å². The molecule has 4 nitrogen and oxygen atoms in total. The molecule has 1 aromatic heterocycles. The summed E-state index contributed by atoms with van der Waals surface area (Å²) in [6.07, 6.45) is 1.48. The molecule has 0 spiro atoms. The lowest BCUT2D eigenvalue weighted by molar-refractivity contribution is 0.0736. The van der Waals surface area contributed by atoms with Crippen LogP contribution in [0.15, 0.2) is 34.9 Å². The van der Waals surface area contributed by atoms with Crippen LogP contribution in [0.3, 0.4) is 0 Å². The van der Waals surface area contributed by atoms with Crippen LogP contribution in [-0.2, 0) is 6.54 Å². The van der Waals surface area contributed by atoms with Crippen LogP contribution in [0.2, 0.25) is 0 Å². The standard InChI is InChI=1S/C14H14F2N2O2/c1-2-18(8-10-4-3-5-20-10)14(19)11-6-9(15)7-12(17)13(11)16/h3-7H,2,8,17H2,1H3. The molecule has 0 atom stereocenters. The Kier molecular flexibility index (Phi) is 4.02. The van der Waals surface area contributed by atoms with E-state index in [2.05, 4.69) is 0 Å². The Labute approximate surface area is 114 Å². The lowest BCUT2D eigenvalue weighted by Crippen LogP contribution is -2.31. The van der Waals surface area contributed by atoms with E-state index >= 15 is 0 Å².